The van der Waals surface area contributed by atoms with Crippen LogP contribution in [-0.2, 0) is 10.2 Å². The molecule has 0 saturated carbocycles. The molecule has 2 aromatic rings. The Balaban J connectivity index is 0.00000261. The van der Waals surface area contributed by atoms with Gasteiger partial charge in [0, 0.05) is 49.5 Å². The van der Waals surface area contributed by atoms with E-state index in [1.165, 1.54) is 11.1 Å². The summed E-state index contributed by atoms with van der Waals surface area (Å²) in [5.41, 5.74) is 2.24. The average Bonchev–Trinajstić information content (AvgIpc) is 3.49. The Bertz CT molecular complexity index is 699. The van der Waals surface area contributed by atoms with Gasteiger partial charge in [0.15, 0.2) is 0 Å². The van der Waals surface area contributed by atoms with Crippen molar-refractivity contribution in [2.75, 3.05) is 25.7 Å². The SMILES string of the molecule is CC(C)(c1ccc(OCC(O)CCl)cc1)c1ccc(OCC2CO2)cc1.[Ac]. The van der Waals surface area contributed by atoms with Crippen molar-refractivity contribution in [2.24, 2.45) is 0 Å². The number of hydrogen-bond donors (Lipinski definition) is 1. The predicted octanol–water partition coefficient (Wildman–Crippen LogP) is 3.77. The van der Waals surface area contributed by atoms with E-state index in [0.29, 0.717) is 6.61 Å². The maximum Gasteiger partial charge on any atom is 0.119 e. The van der Waals surface area contributed by atoms with E-state index in [1.54, 1.807) is 0 Å². The van der Waals surface area contributed by atoms with Crippen LogP contribution in [-0.4, -0.2) is 43.0 Å². The summed E-state index contributed by atoms with van der Waals surface area (Å²) in [7, 11) is 0. The zero-order chi connectivity index (χ0) is 18.6. The van der Waals surface area contributed by atoms with Crippen molar-refractivity contribution in [1.82, 2.24) is 0 Å². The minimum Gasteiger partial charge on any atom is -0.491 e. The second-order valence-electron chi connectivity index (χ2n) is 7.06. The van der Waals surface area contributed by atoms with Crippen molar-refractivity contribution in [2.45, 2.75) is 31.5 Å². The van der Waals surface area contributed by atoms with E-state index >= 15 is 0 Å². The second-order valence-corrected chi connectivity index (χ2v) is 7.37. The molecule has 1 heterocycles. The standard InChI is InChI=1S/C21H25ClO4.Ac/c1-21(2,15-3-7-18(8-4-15)24-12-17(23)11-22)16-5-9-19(10-6-16)25-13-20-14-26-20;/h3-10,17,20,23H,11-14H2,1-2H3;. The van der Waals surface area contributed by atoms with Crippen LogP contribution in [0.1, 0.15) is 25.0 Å². The molecule has 3 rings (SSSR count). The number of epoxide rings is 1. The van der Waals surface area contributed by atoms with Gasteiger partial charge in [-0.1, -0.05) is 38.1 Å². The van der Waals surface area contributed by atoms with E-state index in [4.69, 9.17) is 25.8 Å². The van der Waals surface area contributed by atoms with Crippen LogP contribution in [0, 0.1) is 44.1 Å². The number of rotatable bonds is 9. The topological polar surface area (TPSA) is 51.2 Å². The summed E-state index contributed by atoms with van der Waals surface area (Å²) in [6.07, 6.45) is -0.391. The van der Waals surface area contributed by atoms with E-state index in [2.05, 4.69) is 38.1 Å². The van der Waals surface area contributed by atoms with Crippen LogP contribution in [0.25, 0.3) is 0 Å². The van der Waals surface area contributed by atoms with Crippen LogP contribution >= 0.6 is 11.6 Å². The molecule has 1 aliphatic heterocycles. The Morgan fingerprint density at radius 3 is 1.96 bits per heavy atom. The summed E-state index contributed by atoms with van der Waals surface area (Å²) in [6, 6.07) is 16.2. The normalized spacial score (nSPS) is 17.0. The van der Waals surface area contributed by atoms with Crippen molar-refractivity contribution in [3.8, 4) is 11.5 Å². The van der Waals surface area contributed by atoms with Crippen LogP contribution in [0.4, 0.5) is 0 Å². The number of hydrogen-bond acceptors (Lipinski definition) is 4. The monoisotopic (exact) mass is 603 g/mol. The maximum atomic E-state index is 9.47. The summed E-state index contributed by atoms with van der Waals surface area (Å²) in [6.45, 7) is 5.99. The molecule has 1 radical (unpaired) electrons. The van der Waals surface area contributed by atoms with Crippen LogP contribution in [0.2, 0.25) is 0 Å². The Morgan fingerprint density at radius 2 is 1.52 bits per heavy atom. The quantitative estimate of drug-likeness (QED) is 0.350. The Morgan fingerprint density at radius 1 is 1.04 bits per heavy atom. The molecule has 0 aromatic heterocycles. The fourth-order valence-electron chi connectivity index (χ4n) is 2.69. The van der Waals surface area contributed by atoms with E-state index in [1.807, 2.05) is 24.3 Å². The largest absolute Gasteiger partial charge is 0.491 e. The summed E-state index contributed by atoms with van der Waals surface area (Å²) in [5.74, 6) is 1.75. The van der Waals surface area contributed by atoms with Crippen molar-refractivity contribution in [3.05, 3.63) is 59.7 Å². The predicted molar refractivity (Wildman–Crippen MR) is 102 cm³/mol. The molecule has 6 heteroatoms. The third kappa shape index (κ3) is 6.61. The molecule has 1 fully saturated rings. The zero-order valence-electron chi connectivity index (χ0n) is 15.7. The molecule has 0 bridgehead atoms. The summed E-state index contributed by atoms with van der Waals surface area (Å²) in [4.78, 5) is 0. The van der Waals surface area contributed by atoms with Gasteiger partial charge in [-0.05, 0) is 35.4 Å². The number of aliphatic hydroxyl groups is 1. The second kappa shape index (κ2) is 10.5. The number of halogens is 1. The van der Waals surface area contributed by atoms with Gasteiger partial charge >= 0.3 is 0 Å². The van der Waals surface area contributed by atoms with Gasteiger partial charge in [-0.3, -0.25) is 0 Å². The van der Waals surface area contributed by atoms with Crippen LogP contribution in [0.5, 0.6) is 11.5 Å². The summed E-state index contributed by atoms with van der Waals surface area (Å²) >= 11 is 5.58. The third-order valence-electron chi connectivity index (χ3n) is 4.61. The molecule has 2 unspecified atom stereocenters. The van der Waals surface area contributed by atoms with Crippen molar-refractivity contribution in [1.29, 1.82) is 0 Å². The van der Waals surface area contributed by atoms with Crippen molar-refractivity contribution < 1.29 is 63.4 Å². The molecular weight excluding hydrogens is 579 g/mol. The van der Waals surface area contributed by atoms with Gasteiger partial charge in [0.1, 0.15) is 36.9 Å². The van der Waals surface area contributed by atoms with Gasteiger partial charge in [-0.25, -0.2) is 0 Å². The van der Waals surface area contributed by atoms with Crippen molar-refractivity contribution >= 4 is 11.6 Å². The zero-order valence-corrected chi connectivity index (χ0v) is 21.2. The third-order valence-corrected chi connectivity index (χ3v) is 4.97. The van der Waals surface area contributed by atoms with Crippen molar-refractivity contribution in [3.63, 3.8) is 0 Å². The van der Waals surface area contributed by atoms with Gasteiger partial charge in [-0.15, -0.1) is 11.6 Å². The van der Waals surface area contributed by atoms with E-state index in [0.717, 1.165) is 18.1 Å². The number of alkyl halides is 1. The minimum absolute atomic E-state index is 0. The molecule has 2 aromatic carbocycles. The van der Waals surface area contributed by atoms with Gasteiger partial charge in [-0.2, -0.15) is 0 Å². The molecular formula is C21H25AcClO4. The van der Waals surface area contributed by atoms with Gasteiger partial charge in [0.25, 0.3) is 0 Å². The van der Waals surface area contributed by atoms with Crippen LogP contribution in [0.15, 0.2) is 48.5 Å². The first kappa shape index (κ1) is 23.0. The molecule has 0 amide bonds. The average molecular weight is 604 g/mol. The first-order chi connectivity index (χ1) is 12.5. The smallest absolute Gasteiger partial charge is 0.119 e. The first-order valence-electron chi connectivity index (χ1n) is 8.81. The summed E-state index contributed by atoms with van der Waals surface area (Å²) in [5, 5.41) is 9.47. The molecule has 1 aliphatic rings. The van der Waals surface area contributed by atoms with E-state index in [9.17, 15) is 5.11 Å². The number of aliphatic hydroxyl groups excluding tert-OH is 1. The molecule has 0 spiro atoms. The van der Waals surface area contributed by atoms with Crippen LogP contribution in [0.3, 0.4) is 0 Å². The number of ether oxygens (including phenoxy) is 3. The van der Waals surface area contributed by atoms with E-state index in [-0.39, 0.29) is 68.1 Å². The van der Waals surface area contributed by atoms with Gasteiger partial charge < -0.3 is 19.3 Å². The fourth-order valence-corrected chi connectivity index (χ4v) is 2.78. The minimum atomic E-state index is -0.653. The molecule has 4 nitrogen and oxygen atoms in total. The summed E-state index contributed by atoms with van der Waals surface area (Å²) < 4.78 is 16.4. The Hall–Kier alpha value is -0.308. The molecule has 27 heavy (non-hydrogen) atoms. The molecule has 2 atom stereocenters. The number of benzene rings is 2. The Labute approximate surface area is 201 Å². The Kier molecular flexibility index (Phi) is 8.90. The van der Waals surface area contributed by atoms with Gasteiger partial charge in [0.2, 0.25) is 0 Å². The molecule has 0 aliphatic carbocycles. The fraction of sp³-hybridized carbons (Fsp3) is 0.429. The maximum absolute atomic E-state index is 9.47. The molecule has 143 valence electrons. The molecule has 1 saturated heterocycles. The van der Waals surface area contributed by atoms with E-state index < -0.39 is 6.10 Å². The first-order valence-corrected chi connectivity index (χ1v) is 9.35. The molecule has 1 N–H and O–H groups in total. The van der Waals surface area contributed by atoms with Gasteiger partial charge in [0.05, 0.1) is 12.5 Å². The van der Waals surface area contributed by atoms with Crippen LogP contribution < -0.4 is 9.47 Å².